The molecule has 1 amide bonds. The fraction of sp³-hybridized carbons (Fsp3) is 0.632. The first-order chi connectivity index (χ1) is 11.7. The molecule has 1 aromatic carbocycles. The Morgan fingerprint density at radius 2 is 2.00 bits per heavy atom. The zero-order valence-corrected chi connectivity index (χ0v) is 16.3. The van der Waals surface area contributed by atoms with Gasteiger partial charge in [-0.05, 0) is 57.7 Å². The first kappa shape index (κ1) is 19.8. The van der Waals surface area contributed by atoms with E-state index in [1.165, 1.54) is 0 Å². The number of hydrogen-bond acceptors (Lipinski definition) is 4. The largest absolute Gasteiger partial charge is 0.494 e. The van der Waals surface area contributed by atoms with Gasteiger partial charge in [0.05, 0.1) is 17.1 Å². The van der Waals surface area contributed by atoms with E-state index in [4.69, 9.17) is 4.74 Å². The molecular weight excluding hydrogens is 338 g/mol. The third-order valence-electron chi connectivity index (χ3n) is 4.85. The summed E-state index contributed by atoms with van der Waals surface area (Å²) < 4.78 is 29.3. The second kappa shape index (κ2) is 8.21. The molecule has 5 nitrogen and oxygen atoms in total. The lowest BCUT2D eigenvalue weighted by Crippen LogP contribution is -2.33. The molecule has 0 spiro atoms. The van der Waals surface area contributed by atoms with E-state index in [2.05, 4.69) is 0 Å². The molecule has 0 aliphatic carbocycles. The van der Waals surface area contributed by atoms with Gasteiger partial charge in [0, 0.05) is 19.5 Å². The molecular formula is C19H29NO4S. The van der Waals surface area contributed by atoms with Crippen molar-refractivity contribution in [3.63, 3.8) is 0 Å². The molecule has 25 heavy (non-hydrogen) atoms. The number of carbonyl (C=O) groups is 1. The summed E-state index contributed by atoms with van der Waals surface area (Å²) in [5.41, 5.74) is 1.16. The highest BCUT2D eigenvalue weighted by Gasteiger charge is 2.37. The van der Waals surface area contributed by atoms with Crippen LogP contribution in [0.15, 0.2) is 24.3 Å². The third-order valence-corrected chi connectivity index (χ3v) is 7.46. The van der Waals surface area contributed by atoms with Crippen LogP contribution in [0.4, 0.5) is 0 Å². The average Bonchev–Trinajstić information content (AvgIpc) is 2.64. The van der Waals surface area contributed by atoms with Crippen molar-refractivity contribution >= 4 is 15.7 Å². The van der Waals surface area contributed by atoms with Crippen LogP contribution in [0.5, 0.6) is 5.75 Å². The van der Waals surface area contributed by atoms with Crippen LogP contribution in [0.2, 0.25) is 0 Å². The number of rotatable bonds is 6. The van der Waals surface area contributed by atoms with Crippen molar-refractivity contribution in [2.75, 3.05) is 25.4 Å². The zero-order chi connectivity index (χ0) is 18.5. The predicted octanol–water partition coefficient (Wildman–Crippen LogP) is 2.97. The predicted molar refractivity (Wildman–Crippen MR) is 99.6 cm³/mol. The lowest BCUT2D eigenvalue weighted by molar-refractivity contribution is -0.131. The summed E-state index contributed by atoms with van der Waals surface area (Å²) in [5, 5.41) is 0. The van der Waals surface area contributed by atoms with Gasteiger partial charge in [0.15, 0.2) is 9.84 Å². The van der Waals surface area contributed by atoms with E-state index in [0.717, 1.165) is 24.2 Å². The molecule has 140 valence electrons. The summed E-state index contributed by atoms with van der Waals surface area (Å²) in [6, 6.07) is 7.90. The number of aryl methyl sites for hydroxylation is 1. The molecule has 1 aliphatic heterocycles. The number of unbranched alkanes of at least 4 members (excludes halogenated alkanes) is 1. The molecule has 1 heterocycles. The van der Waals surface area contributed by atoms with Gasteiger partial charge in [0.2, 0.25) is 5.91 Å². The number of sulfone groups is 1. The molecule has 1 fully saturated rings. The molecule has 2 rings (SSSR count). The fourth-order valence-corrected chi connectivity index (χ4v) is 4.27. The van der Waals surface area contributed by atoms with Gasteiger partial charge in [0.25, 0.3) is 0 Å². The maximum atomic E-state index is 12.3. The highest BCUT2D eigenvalue weighted by molar-refractivity contribution is 7.92. The Kier molecular flexibility index (Phi) is 6.49. The summed E-state index contributed by atoms with van der Waals surface area (Å²) in [5.74, 6) is 0.956. The van der Waals surface area contributed by atoms with Crippen molar-refractivity contribution in [3.8, 4) is 5.75 Å². The number of hydrogen-bond donors (Lipinski definition) is 0. The Bertz CT molecular complexity index is 697. The quantitative estimate of drug-likeness (QED) is 0.725. The molecule has 0 N–H and O–H groups in total. The van der Waals surface area contributed by atoms with Crippen LogP contribution in [0.25, 0.3) is 0 Å². The van der Waals surface area contributed by atoms with Crippen LogP contribution in [-0.2, 0) is 14.6 Å². The van der Waals surface area contributed by atoms with Crippen molar-refractivity contribution in [2.45, 2.75) is 51.2 Å². The molecule has 0 atom stereocenters. The van der Waals surface area contributed by atoms with Crippen LogP contribution >= 0.6 is 0 Å². The van der Waals surface area contributed by atoms with E-state index in [1.54, 1.807) is 18.7 Å². The molecule has 0 unspecified atom stereocenters. The third kappa shape index (κ3) is 5.46. The second-order valence-electron chi connectivity index (χ2n) is 7.33. The van der Waals surface area contributed by atoms with Gasteiger partial charge in [0.1, 0.15) is 5.75 Å². The summed E-state index contributed by atoms with van der Waals surface area (Å²) in [6.45, 7) is 6.93. The van der Waals surface area contributed by atoms with Crippen molar-refractivity contribution in [3.05, 3.63) is 29.8 Å². The lowest BCUT2D eigenvalue weighted by Gasteiger charge is -2.22. The van der Waals surface area contributed by atoms with Crippen molar-refractivity contribution in [1.82, 2.24) is 4.90 Å². The minimum Gasteiger partial charge on any atom is -0.494 e. The zero-order valence-electron chi connectivity index (χ0n) is 15.5. The van der Waals surface area contributed by atoms with E-state index in [-0.39, 0.29) is 11.7 Å². The second-order valence-corrected chi connectivity index (χ2v) is 10.1. The van der Waals surface area contributed by atoms with E-state index < -0.39 is 14.6 Å². The van der Waals surface area contributed by atoms with Gasteiger partial charge in [-0.15, -0.1) is 0 Å². The van der Waals surface area contributed by atoms with Crippen LogP contribution in [0.3, 0.4) is 0 Å². The standard InChI is InChI=1S/C19H29NO4S/c1-16-7-6-8-17(15-16)24-13-5-4-9-18(21)20-11-10-19(2,3)25(22,23)14-12-20/h6-8,15H,4-5,9-14H2,1-3H3. The normalized spacial score (nSPS) is 19.2. The van der Waals surface area contributed by atoms with Gasteiger partial charge >= 0.3 is 0 Å². The van der Waals surface area contributed by atoms with Crippen LogP contribution < -0.4 is 4.74 Å². The summed E-state index contributed by atoms with van der Waals surface area (Å²) in [4.78, 5) is 14.0. The highest BCUT2D eigenvalue weighted by Crippen LogP contribution is 2.25. The van der Waals surface area contributed by atoms with Gasteiger partial charge in [-0.1, -0.05) is 12.1 Å². The van der Waals surface area contributed by atoms with E-state index in [9.17, 15) is 13.2 Å². The summed E-state index contributed by atoms with van der Waals surface area (Å²) >= 11 is 0. The van der Waals surface area contributed by atoms with Crippen LogP contribution in [0, 0.1) is 6.92 Å². The molecule has 0 bridgehead atoms. The first-order valence-corrected chi connectivity index (χ1v) is 10.6. The van der Waals surface area contributed by atoms with Gasteiger partial charge < -0.3 is 9.64 Å². The number of nitrogens with zero attached hydrogens (tertiary/aromatic N) is 1. The number of carbonyl (C=O) groups excluding carboxylic acids is 1. The Morgan fingerprint density at radius 3 is 2.72 bits per heavy atom. The maximum absolute atomic E-state index is 12.3. The van der Waals surface area contributed by atoms with Gasteiger partial charge in [-0.2, -0.15) is 0 Å². The monoisotopic (exact) mass is 367 g/mol. The van der Waals surface area contributed by atoms with Crippen molar-refractivity contribution in [1.29, 1.82) is 0 Å². The average molecular weight is 368 g/mol. The maximum Gasteiger partial charge on any atom is 0.222 e. The van der Waals surface area contributed by atoms with E-state index in [0.29, 0.717) is 32.5 Å². The SMILES string of the molecule is Cc1cccc(OCCCCC(=O)N2CCC(C)(C)S(=O)(=O)CC2)c1. The molecule has 0 aromatic heterocycles. The smallest absolute Gasteiger partial charge is 0.222 e. The molecule has 1 aromatic rings. The molecule has 6 heteroatoms. The Morgan fingerprint density at radius 1 is 1.24 bits per heavy atom. The minimum atomic E-state index is -3.14. The number of ether oxygens (including phenoxy) is 1. The molecule has 1 aliphatic rings. The lowest BCUT2D eigenvalue weighted by atomic mass is 10.1. The summed E-state index contributed by atoms with van der Waals surface area (Å²) in [6.07, 6.45) is 2.49. The van der Waals surface area contributed by atoms with Gasteiger partial charge in [-0.3, -0.25) is 4.79 Å². The Hall–Kier alpha value is -1.56. The van der Waals surface area contributed by atoms with Gasteiger partial charge in [-0.25, -0.2) is 8.42 Å². The fourth-order valence-electron chi connectivity index (χ4n) is 2.86. The topological polar surface area (TPSA) is 63.7 Å². The molecule has 0 radical (unpaired) electrons. The Balaban J connectivity index is 1.72. The number of benzene rings is 1. The van der Waals surface area contributed by atoms with E-state index in [1.807, 2.05) is 31.2 Å². The van der Waals surface area contributed by atoms with Crippen molar-refractivity contribution in [2.24, 2.45) is 0 Å². The van der Waals surface area contributed by atoms with Crippen LogP contribution in [0.1, 0.15) is 45.1 Å². The van der Waals surface area contributed by atoms with E-state index >= 15 is 0 Å². The molecule has 1 saturated heterocycles. The highest BCUT2D eigenvalue weighted by atomic mass is 32.2. The minimum absolute atomic E-state index is 0.0449. The summed E-state index contributed by atoms with van der Waals surface area (Å²) in [7, 11) is -3.14. The Labute approximate surface area is 151 Å². The molecule has 0 saturated carbocycles. The number of amides is 1. The van der Waals surface area contributed by atoms with Crippen LogP contribution in [-0.4, -0.2) is 49.4 Å². The van der Waals surface area contributed by atoms with Crippen molar-refractivity contribution < 1.29 is 17.9 Å². The first-order valence-electron chi connectivity index (χ1n) is 8.91.